The molecular weight excluding hydrogens is 164 g/mol. The minimum atomic E-state index is -2.98. The van der Waals surface area contributed by atoms with Gasteiger partial charge in [0.1, 0.15) is 5.60 Å². The van der Waals surface area contributed by atoms with Crippen LogP contribution < -0.4 is 0 Å². The Kier molecular flexibility index (Phi) is 2.01. The highest BCUT2D eigenvalue weighted by Gasteiger charge is 2.59. The molecule has 0 spiro atoms. The van der Waals surface area contributed by atoms with Gasteiger partial charge in [-0.3, -0.25) is 0 Å². The SMILES string of the molecule is CCC1(CC)OC1S(C)(=O)=O. The maximum atomic E-state index is 11.0. The zero-order chi connectivity index (χ0) is 8.70. The molecule has 66 valence electrons. The molecular formula is C7H14O3S. The second-order valence-electron chi connectivity index (χ2n) is 3.05. The molecule has 0 aromatic carbocycles. The first-order chi connectivity index (χ1) is 4.96. The van der Waals surface area contributed by atoms with Crippen molar-refractivity contribution < 1.29 is 13.2 Å². The molecule has 4 heteroatoms. The molecule has 1 atom stereocenters. The summed E-state index contributed by atoms with van der Waals surface area (Å²) in [7, 11) is -2.98. The van der Waals surface area contributed by atoms with Gasteiger partial charge in [-0.2, -0.15) is 0 Å². The quantitative estimate of drug-likeness (QED) is 0.604. The normalized spacial score (nSPS) is 28.5. The molecule has 0 aromatic heterocycles. The van der Waals surface area contributed by atoms with Crippen LogP contribution in [0.25, 0.3) is 0 Å². The van der Waals surface area contributed by atoms with E-state index < -0.39 is 15.3 Å². The molecule has 1 aliphatic heterocycles. The van der Waals surface area contributed by atoms with Crippen LogP contribution in [0.3, 0.4) is 0 Å². The van der Waals surface area contributed by atoms with E-state index in [-0.39, 0.29) is 5.60 Å². The molecule has 0 amide bonds. The summed E-state index contributed by atoms with van der Waals surface area (Å²) in [6, 6.07) is 0. The fourth-order valence-electron chi connectivity index (χ4n) is 1.41. The zero-order valence-electron chi connectivity index (χ0n) is 7.12. The van der Waals surface area contributed by atoms with Gasteiger partial charge in [-0.15, -0.1) is 0 Å². The summed E-state index contributed by atoms with van der Waals surface area (Å²) < 4.78 is 27.2. The van der Waals surface area contributed by atoms with Gasteiger partial charge in [0.15, 0.2) is 15.3 Å². The Bertz CT molecular complexity index is 238. The summed E-state index contributed by atoms with van der Waals surface area (Å²) in [4.78, 5) is 0. The van der Waals surface area contributed by atoms with Crippen LogP contribution in [0.5, 0.6) is 0 Å². The molecule has 0 bridgehead atoms. The molecule has 11 heavy (non-hydrogen) atoms. The van der Waals surface area contributed by atoms with E-state index >= 15 is 0 Å². The van der Waals surface area contributed by atoms with Gasteiger partial charge in [-0.05, 0) is 12.8 Å². The van der Waals surface area contributed by atoms with Crippen molar-refractivity contribution in [1.29, 1.82) is 0 Å². The van der Waals surface area contributed by atoms with Crippen molar-refractivity contribution in [2.24, 2.45) is 0 Å². The van der Waals surface area contributed by atoms with Crippen LogP contribution in [0.4, 0.5) is 0 Å². The van der Waals surface area contributed by atoms with Crippen LogP contribution in [0, 0.1) is 0 Å². The van der Waals surface area contributed by atoms with Gasteiger partial charge < -0.3 is 4.74 Å². The zero-order valence-corrected chi connectivity index (χ0v) is 7.94. The number of hydrogen-bond donors (Lipinski definition) is 0. The smallest absolute Gasteiger partial charge is 0.188 e. The van der Waals surface area contributed by atoms with E-state index in [0.29, 0.717) is 0 Å². The first kappa shape index (κ1) is 9.00. The molecule has 0 N–H and O–H groups in total. The van der Waals surface area contributed by atoms with E-state index in [1.165, 1.54) is 6.26 Å². The third kappa shape index (κ3) is 1.42. The molecule has 0 aliphatic carbocycles. The second-order valence-corrected chi connectivity index (χ2v) is 5.14. The third-order valence-electron chi connectivity index (χ3n) is 2.30. The van der Waals surface area contributed by atoms with Crippen LogP contribution in [0.2, 0.25) is 0 Å². The molecule has 1 fully saturated rings. The van der Waals surface area contributed by atoms with Gasteiger partial charge in [0.05, 0.1) is 0 Å². The highest BCUT2D eigenvalue weighted by Crippen LogP contribution is 2.45. The van der Waals surface area contributed by atoms with E-state index in [2.05, 4.69) is 0 Å². The van der Waals surface area contributed by atoms with Crippen molar-refractivity contribution in [2.75, 3.05) is 6.26 Å². The average molecular weight is 178 g/mol. The molecule has 0 aromatic rings. The average Bonchev–Trinajstić information content (AvgIpc) is 2.61. The predicted octanol–water partition coefficient (Wildman–Crippen LogP) is 0.946. The Morgan fingerprint density at radius 2 is 1.82 bits per heavy atom. The van der Waals surface area contributed by atoms with Crippen molar-refractivity contribution in [3.63, 3.8) is 0 Å². The lowest BCUT2D eigenvalue weighted by molar-refractivity contribution is 0.286. The first-order valence-electron chi connectivity index (χ1n) is 3.83. The Hall–Kier alpha value is -0.0900. The van der Waals surface area contributed by atoms with E-state index in [0.717, 1.165) is 12.8 Å². The minimum absolute atomic E-state index is 0.354. The number of rotatable bonds is 3. The van der Waals surface area contributed by atoms with Gasteiger partial charge in [0.25, 0.3) is 0 Å². The fraction of sp³-hybridized carbons (Fsp3) is 1.00. The predicted molar refractivity (Wildman–Crippen MR) is 43.0 cm³/mol. The summed E-state index contributed by atoms with van der Waals surface area (Å²) in [6.07, 6.45) is 2.78. The van der Waals surface area contributed by atoms with Gasteiger partial charge in [-0.25, -0.2) is 8.42 Å². The lowest BCUT2D eigenvalue weighted by Crippen LogP contribution is -2.18. The van der Waals surface area contributed by atoms with Gasteiger partial charge in [0.2, 0.25) is 0 Å². The molecule has 1 unspecified atom stereocenters. The van der Waals surface area contributed by atoms with Gasteiger partial charge in [0, 0.05) is 6.26 Å². The molecule has 1 saturated heterocycles. The highest BCUT2D eigenvalue weighted by molar-refractivity contribution is 7.91. The van der Waals surface area contributed by atoms with Crippen molar-refractivity contribution in [1.82, 2.24) is 0 Å². The van der Waals surface area contributed by atoms with Crippen LogP contribution in [-0.2, 0) is 14.6 Å². The van der Waals surface area contributed by atoms with Crippen molar-refractivity contribution in [2.45, 2.75) is 37.7 Å². The summed E-state index contributed by atoms with van der Waals surface area (Å²) in [5.74, 6) is 0. The minimum Gasteiger partial charge on any atom is -0.349 e. The lowest BCUT2D eigenvalue weighted by Gasteiger charge is -2.03. The Morgan fingerprint density at radius 1 is 1.36 bits per heavy atom. The van der Waals surface area contributed by atoms with Crippen LogP contribution in [-0.4, -0.2) is 25.7 Å². The number of sulfone groups is 1. The van der Waals surface area contributed by atoms with Crippen LogP contribution >= 0.6 is 0 Å². The Labute approximate surface area is 67.7 Å². The highest BCUT2D eigenvalue weighted by atomic mass is 32.2. The number of hydrogen-bond acceptors (Lipinski definition) is 3. The largest absolute Gasteiger partial charge is 0.349 e. The maximum absolute atomic E-state index is 11.0. The summed E-state index contributed by atoms with van der Waals surface area (Å²) in [5, 5.41) is 0. The fourth-order valence-corrected chi connectivity index (χ4v) is 2.89. The van der Waals surface area contributed by atoms with Gasteiger partial charge >= 0.3 is 0 Å². The lowest BCUT2D eigenvalue weighted by atomic mass is 10.1. The summed E-state index contributed by atoms with van der Waals surface area (Å²) in [5.41, 5.74) is -0.891. The first-order valence-corrected chi connectivity index (χ1v) is 5.78. The van der Waals surface area contributed by atoms with Crippen LogP contribution in [0.15, 0.2) is 0 Å². The summed E-state index contributed by atoms with van der Waals surface area (Å²) in [6.45, 7) is 3.91. The maximum Gasteiger partial charge on any atom is 0.188 e. The number of ether oxygens (including phenoxy) is 1. The van der Waals surface area contributed by atoms with Gasteiger partial charge in [-0.1, -0.05) is 13.8 Å². The molecule has 0 saturated carbocycles. The summed E-state index contributed by atoms with van der Waals surface area (Å²) >= 11 is 0. The Balaban J connectivity index is 2.73. The van der Waals surface area contributed by atoms with Crippen molar-refractivity contribution in [3.8, 4) is 0 Å². The number of epoxide rings is 1. The molecule has 1 aliphatic rings. The van der Waals surface area contributed by atoms with Crippen LogP contribution in [0.1, 0.15) is 26.7 Å². The third-order valence-corrected chi connectivity index (χ3v) is 3.60. The van der Waals surface area contributed by atoms with E-state index in [1.807, 2.05) is 13.8 Å². The van der Waals surface area contributed by atoms with Crippen molar-refractivity contribution >= 4 is 9.84 Å². The van der Waals surface area contributed by atoms with E-state index in [9.17, 15) is 8.42 Å². The monoisotopic (exact) mass is 178 g/mol. The standard InChI is InChI=1S/C7H14O3S/c1-4-7(5-2)6(10-7)11(3,8)9/h6H,4-5H2,1-3H3. The Morgan fingerprint density at radius 3 is 1.91 bits per heavy atom. The molecule has 0 radical (unpaired) electrons. The molecule has 1 rings (SSSR count). The second kappa shape index (κ2) is 2.45. The van der Waals surface area contributed by atoms with E-state index in [4.69, 9.17) is 4.74 Å². The molecule has 3 nitrogen and oxygen atoms in total. The van der Waals surface area contributed by atoms with Crippen molar-refractivity contribution in [3.05, 3.63) is 0 Å². The topological polar surface area (TPSA) is 46.7 Å². The molecule has 1 heterocycles. The van der Waals surface area contributed by atoms with E-state index in [1.54, 1.807) is 0 Å².